The number of rotatable bonds is 3. The van der Waals surface area contributed by atoms with Crippen LogP contribution in [0.5, 0.6) is 0 Å². The van der Waals surface area contributed by atoms with E-state index in [1.807, 2.05) is 0 Å². The lowest BCUT2D eigenvalue weighted by Gasteiger charge is -2.31. The normalized spacial score (nSPS) is 11.8. The minimum absolute atomic E-state index is 1.30. The molecular formula is C44H53B25. The Morgan fingerprint density at radius 1 is 0.159 bits per heavy atom. The van der Waals surface area contributed by atoms with Crippen LogP contribution in [0.15, 0.2) is 18.2 Å². The number of hydrogen-bond donors (Lipinski definition) is 0. The summed E-state index contributed by atoms with van der Waals surface area (Å²) in [6.07, 6.45) is 0. The SMILES string of the molecule is Bc1c(B)c(B)c2c(B)c(-c3c4ccc(-c5c(B)c(B)c(B)c6c(B)c(B)c(B)c(B)c56)cc4c(-c4c(B)c(B)c5c(B)c(B)c(B)c(B)c5c4B)c4c(B)c(B)c(B)c(B)c34)c(B)c(B)c2c1B. The second-order valence-corrected chi connectivity index (χ2v) is 22.3. The lowest BCUT2D eigenvalue weighted by atomic mass is 9.57. The molecule has 9 aromatic rings. The van der Waals surface area contributed by atoms with Crippen molar-refractivity contribution in [3.8, 4) is 33.4 Å². The monoisotopic (exact) mass is 857 g/mol. The Bertz CT molecular complexity index is 3940. The molecular weight excluding hydrogens is 799 g/mol. The van der Waals surface area contributed by atoms with Gasteiger partial charge in [-0.15, -0.1) is 49.2 Å². The Balaban J connectivity index is 1.64. The zero-order valence-corrected chi connectivity index (χ0v) is 47.2. The van der Waals surface area contributed by atoms with E-state index in [0.717, 1.165) is 0 Å². The van der Waals surface area contributed by atoms with Crippen molar-refractivity contribution in [1.29, 1.82) is 0 Å². The first-order valence-electron chi connectivity index (χ1n) is 25.7. The first-order chi connectivity index (χ1) is 32.2. The van der Waals surface area contributed by atoms with Gasteiger partial charge in [-0.25, -0.2) is 0 Å². The van der Waals surface area contributed by atoms with Crippen LogP contribution in [0, 0.1) is 0 Å². The summed E-state index contributed by atoms with van der Waals surface area (Å²) in [5, 5.41) is 14.1. The highest BCUT2D eigenvalue weighted by Gasteiger charge is 2.29. The third kappa shape index (κ3) is 6.58. The first kappa shape index (κ1) is 49.9. The molecule has 0 bridgehead atoms. The zero-order chi connectivity index (χ0) is 50.8. The molecule has 0 nitrogen and oxygen atoms in total. The predicted molar refractivity (Wildman–Crippen MR) is 395 cm³/mol. The van der Waals surface area contributed by atoms with Gasteiger partial charge in [0.2, 0.25) is 0 Å². The van der Waals surface area contributed by atoms with Crippen molar-refractivity contribution in [2.45, 2.75) is 0 Å². The summed E-state index contributed by atoms with van der Waals surface area (Å²) in [7, 11) is 59.3. The van der Waals surface area contributed by atoms with Gasteiger partial charge in [0.1, 0.15) is 196 Å². The van der Waals surface area contributed by atoms with Crippen molar-refractivity contribution in [2.75, 3.05) is 0 Å². The summed E-state index contributed by atoms with van der Waals surface area (Å²) in [5.41, 5.74) is 43.3. The Morgan fingerprint density at radius 2 is 0.377 bits per heavy atom. The van der Waals surface area contributed by atoms with E-state index in [-0.39, 0.29) is 0 Å². The van der Waals surface area contributed by atoms with E-state index < -0.39 is 0 Å². The summed E-state index contributed by atoms with van der Waals surface area (Å²) in [6.45, 7) is 0. The maximum atomic E-state index is 2.65. The van der Waals surface area contributed by atoms with Crippen LogP contribution in [0.2, 0.25) is 0 Å². The molecule has 0 amide bonds. The van der Waals surface area contributed by atoms with Crippen LogP contribution >= 0.6 is 0 Å². The highest BCUT2D eigenvalue weighted by Crippen LogP contribution is 2.42. The van der Waals surface area contributed by atoms with Crippen molar-refractivity contribution in [3.63, 3.8) is 0 Å². The molecule has 0 spiro atoms. The van der Waals surface area contributed by atoms with E-state index in [1.54, 1.807) is 0 Å². The molecule has 0 aliphatic rings. The molecule has 0 fully saturated rings. The molecule has 0 N–H and O–H groups in total. The quantitative estimate of drug-likeness (QED) is 0.123. The van der Waals surface area contributed by atoms with Crippen molar-refractivity contribution < 1.29 is 0 Å². The van der Waals surface area contributed by atoms with Crippen LogP contribution in [0.4, 0.5) is 0 Å². The largest absolute Gasteiger partial charge is 0.140 e. The Labute approximate surface area is 435 Å². The van der Waals surface area contributed by atoms with Crippen molar-refractivity contribution >= 4 is 387 Å². The second kappa shape index (κ2) is 17.0. The topological polar surface area (TPSA) is 0 Å². The highest BCUT2D eigenvalue weighted by molar-refractivity contribution is 6.77. The van der Waals surface area contributed by atoms with Crippen LogP contribution in [-0.4, -0.2) is 196 Å². The second-order valence-electron chi connectivity index (χ2n) is 22.3. The van der Waals surface area contributed by atoms with Gasteiger partial charge in [0.25, 0.3) is 0 Å². The van der Waals surface area contributed by atoms with Gasteiger partial charge in [-0.3, -0.25) is 0 Å². The van der Waals surface area contributed by atoms with E-state index in [4.69, 9.17) is 0 Å². The van der Waals surface area contributed by atoms with Gasteiger partial charge in [0.05, 0.1) is 0 Å². The third-order valence-corrected chi connectivity index (χ3v) is 19.8. The molecule has 9 rings (SSSR count). The van der Waals surface area contributed by atoms with Crippen LogP contribution in [-0.2, 0) is 0 Å². The first-order valence-corrected chi connectivity index (χ1v) is 25.7. The van der Waals surface area contributed by atoms with Gasteiger partial charge in [-0.2, -0.15) is 0 Å². The van der Waals surface area contributed by atoms with E-state index >= 15 is 0 Å². The average Bonchev–Trinajstić information content (AvgIpc) is 3.32. The molecule has 25 heteroatoms. The summed E-state index contributed by atoms with van der Waals surface area (Å²) in [5.74, 6) is 0. The maximum absolute atomic E-state index is 2.65. The standard InChI is InChI=1S/C44H53B25/c45-20-13(26(51)28(53)18-16(20)32(57)41(66)43(68)34(18)59)8-5-2-1-4(7-10-15(30(55)36(61)22(7)47)31(56)40(65)37(62)23(10)48)3-6(5)9(12-11(8)24(49)38(63)39(64)25(12)50)14-21(46)17-19(29(54)27(14)52)35(60)44(69)42(67)33(17)58/h1-3H,45-69H2. The minimum atomic E-state index is 1.30. The van der Waals surface area contributed by atoms with Gasteiger partial charge in [-0.05, 0) is 93.3 Å². The van der Waals surface area contributed by atoms with Gasteiger partial charge < -0.3 is 0 Å². The van der Waals surface area contributed by atoms with Crippen molar-refractivity contribution in [1.82, 2.24) is 0 Å². The summed E-state index contributed by atoms with van der Waals surface area (Å²) in [4.78, 5) is 0. The summed E-state index contributed by atoms with van der Waals surface area (Å²) >= 11 is 0. The molecule has 304 valence electrons. The van der Waals surface area contributed by atoms with E-state index in [9.17, 15) is 0 Å². The fourth-order valence-corrected chi connectivity index (χ4v) is 14.0. The molecule has 0 saturated heterocycles. The Kier molecular flexibility index (Phi) is 12.3. The molecule has 0 atom stereocenters. The minimum Gasteiger partial charge on any atom is -0.101 e. The molecule has 0 unspecified atom stereocenters. The smallest absolute Gasteiger partial charge is 0.101 e. The molecule has 0 aliphatic carbocycles. The van der Waals surface area contributed by atoms with Crippen LogP contribution in [0.1, 0.15) is 0 Å². The van der Waals surface area contributed by atoms with E-state index in [1.165, 1.54) is 224 Å². The predicted octanol–water partition coefficient (Wildman–Crippen LogP) is -31.1. The number of benzene rings is 9. The zero-order valence-electron chi connectivity index (χ0n) is 47.2. The van der Waals surface area contributed by atoms with E-state index in [2.05, 4.69) is 214 Å². The maximum Gasteiger partial charge on any atom is 0.140 e. The molecule has 9 aromatic carbocycles. The molecule has 0 aliphatic heterocycles. The lowest BCUT2D eigenvalue weighted by Crippen LogP contribution is -2.52. The molecule has 69 heavy (non-hydrogen) atoms. The fourth-order valence-electron chi connectivity index (χ4n) is 14.0. The molecule has 0 radical (unpaired) electrons. The summed E-state index contributed by atoms with van der Waals surface area (Å²) in [6, 6.07) is 7.70. The molecule has 0 heterocycles. The van der Waals surface area contributed by atoms with Crippen LogP contribution in [0.3, 0.4) is 0 Å². The van der Waals surface area contributed by atoms with Crippen molar-refractivity contribution in [2.24, 2.45) is 0 Å². The summed E-state index contributed by atoms with van der Waals surface area (Å²) < 4.78 is 0. The van der Waals surface area contributed by atoms with Gasteiger partial charge in [0.15, 0.2) is 0 Å². The van der Waals surface area contributed by atoms with Crippen LogP contribution in [0.25, 0.3) is 87.2 Å². The molecule has 0 aromatic heterocycles. The Hall–Kier alpha value is -4.10. The highest BCUT2D eigenvalue weighted by atomic mass is 14.3. The fraction of sp³-hybridized carbons (Fsp3) is 0. The average molecular weight is 852 g/mol. The number of hydrogen-bond acceptors (Lipinski definition) is 0. The van der Waals surface area contributed by atoms with Gasteiger partial charge in [-0.1, -0.05) is 99.5 Å². The molecule has 0 saturated carbocycles. The van der Waals surface area contributed by atoms with E-state index in [0.29, 0.717) is 0 Å². The lowest BCUT2D eigenvalue weighted by molar-refractivity contribution is 1.75. The van der Waals surface area contributed by atoms with Gasteiger partial charge in [0, 0.05) is 0 Å². The number of fused-ring (bicyclic) bond motifs is 5. The van der Waals surface area contributed by atoms with Crippen LogP contribution < -0.4 is 137 Å². The third-order valence-electron chi connectivity index (χ3n) is 19.8. The van der Waals surface area contributed by atoms with Crippen molar-refractivity contribution in [3.05, 3.63) is 18.2 Å². The Morgan fingerprint density at radius 3 is 0.710 bits per heavy atom. The van der Waals surface area contributed by atoms with Gasteiger partial charge >= 0.3 is 0 Å².